The number of hydrogen-bond acceptors (Lipinski definition) is 3. The molecule has 2 rings (SSSR count). The third kappa shape index (κ3) is 3.28. The average Bonchev–Trinajstić information content (AvgIpc) is 3.09. The molecule has 106 valence electrons. The van der Waals surface area contributed by atoms with Crippen LogP contribution in [0.15, 0.2) is 18.2 Å². The van der Waals surface area contributed by atoms with Gasteiger partial charge >= 0.3 is 0 Å². The van der Waals surface area contributed by atoms with Crippen molar-refractivity contribution in [1.29, 1.82) is 0 Å². The number of aryl methyl sites for hydroxylation is 2. The first-order valence-electron chi connectivity index (χ1n) is 6.58. The Morgan fingerprint density at radius 3 is 2.21 bits per heavy atom. The summed E-state index contributed by atoms with van der Waals surface area (Å²) in [6, 6.07) is 6.14. The van der Waals surface area contributed by atoms with Gasteiger partial charge in [-0.1, -0.05) is 18.2 Å². The second-order valence-corrected chi connectivity index (χ2v) is 7.33. The van der Waals surface area contributed by atoms with E-state index in [1.54, 1.807) is 4.31 Å². The number of sulfonamides is 1. The largest absolute Gasteiger partial charge is 0.296 e. The molecule has 0 aromatic heterocycles. The van der Waals surface area contributed by atoms with Gasteiger partial charge in [-0.15, -0.1) is 0 Å². The molecule has 1 aromatic carbocycles. The van der Waals surface area contributed by atoms with Gasteiger partial charge in [0.2, 0.25) is 10.0 Å². The summed E-state index contributed by atoms with van der Waals surface area (Å²) in [5.41, 5.74) is 2.84. The van der Waals surface area contributed by atoms with Gasteiger partial charge in [-0.05, 0) is 31.9 Å². The van der Waals surface area contributed by atoms with Crippen molar-refractivity contribution in [3.63, 3.8) is 0 Å². The predicted octanol–water partition coefficient (Wildman–Crippen LogP) is 1.77. The van der Waals surface area contributed by atoms with E-state index in [9.17, 15) is 8.42 Å². The Bertz CT molecular complexity index is 545. The molecule has 0 radical (unpaired) electrons. The molecule has 0 spiro atoms. The highest BCUT2D eigenvalue weighted by atomic mass is 32.2. The zero-order valence-corrected chi connectivity index (χ0v) is 12.9. The topological polar surface area (TPSA) is 40.4 Å². The van der Waals surface area contributed by atoms with Crippen molar-refractivity contribution in [3.05, 3.63) is 29.3 Å². The summed E-state index contributed by atoms with van der Waals surface area (Å²) in [6.45, 7) is 8.67. The Kier molecular flexibility index (Phi) is 3.87. The van der Waals surface area contributed by atoms with Gasteiger partial charge in [0.25, 0.3) is 0 Å². The molecule has 4 nitrogen and oxygen atoms in total. The molecule has 1 saturated heterocycles. The van der Waals surface area contributed by atoms with E-state index in [4.69, 9.17) is 0 Å². The number of nitrogens with zero attached hydrogens (tertiary/aromatic N) is 2. The molecule has 1 unspecified atom stereocenters. The summed E-state index contributed by atoms with van der Waals surface area (Å²) < 4.78 is 25.8. The maximum absolute atomic E-state index is 12.1. The van der Waals surface area contributed by atoms with Crippen molar-refractivity contribution >= 4 is 15.7 Å². The summed E-state index contributed by atoms with van der Waals surface area (Å²) in [5.74, 6) is 0. The molecule has 5 heteroatoms. The molecule has 1 heterocycles. The minimum absolute atomic E-state index is 0.258. The highest BCUT2D eigenvalue weighted by molar-refractivity contribution is 7.92. The number of hydrogen-bond donors (Lipinski definition) is 0. The third-order valence-corrected chi connectivity index (χ3v) is 4.76. The molecule has 19 heavy (non-hydrogen) atoms. The van der Waals surface area contributed by atoms with Crippen molar-refractivity contribution in [2.75, 3.05) is 30.2 Å². The summed E-state index contributed by atoms with van der Waals surface area (Å²) in [5, 5.41) is 0. The molecule has 0 amide bonds. The summed E-state index contributed by atoms with van der Waals surface area (Å²) in [4.78, 5) is 2.27. The molecule has 0 bridgehead atoms. The maximum Gasteiger partial charge on any atom is 0.232 e. The summed E-state index contributed by atoms with van der Waals surface area (Å²) in [7, 11) is -3.26. The zero-order valence-electron chi connectivity index (χ0n) is 12.0. The van der Waals surface area contributed by atoms with Crippen LogP contribution in [0.25, 0.3) is 0 Å². The van der Waals surface area contributed by atoms with E-state index in [1.807, 2.05) is 32.0 Å². The Labute approximate surface area is 116 Å². The number of anilines is 1. The van der Waals surface area contributed by atoms with Crippen molar-refractivity contribution in [3.8, 4) is 0 Å². The minimum Gasteiger partial charge on any atom is -0.296 e. The summed E-state index contributed by atoms with van der Waals surface area (Å²) >= 11 is 0. The highest BCUT2D eigenvalue weighted by Gasteiger charge is 2.29. The molecule has 0 N–H and O–H groups in total. The first-order valence-corrected chi connectivity index (χ1v) is 8.43. The SMILES string of the molecule is Cc1cccc(C)c1N(CC(C)N1CC1)S(C)(=O)=O. The standard InChI is InChI=1S/C14H22N2O2S/c1-11-6-5-7-12(2)14(11)16(19(4,17)18)10-13(3)15-8-9-15/h5-7,13H,8-10H2,1-4H3. The van der Waals surface area contributed by atoms with E-state index in [1.165, 1.54) is 6.26 Å². The Morgan fingerprint density at radius 1 is 1.26 bits per heavy atom. The quantitative estimate of drug-likeness (QED) is 0.773. The first-order chi connectivity index (χ1) is 8.80. The molecule has 1 aliphatic heterocycles. The molecule has 1 fully saturated rings. The van der Waals surface area contributed by atoms with E-state index < -0.39 is 10.0 Å². The fourth-order valence-corrected chi connectivity index (χ4v) is 3.55. The van der Waals surface area contributed by atoms with Gasteiger partial charge in [0, 0.05) is 25.7 Å². The maximum atomic E-state index is 12.1. The second-order valence-electron chi connectivity index (χ2n) is 5.42. The Hall–Kier alpha value is -1.07. The van der Waals surface area contributed by atoms with Crippen LogP contribution in [-0.2, 0) is 10.0 Å². The average molecular weight is 282 g/mol. The highest BCUT2D eigenvalue weighted by Crippen LogP contribution is 2.28. The molecule has 0 saturated carbocycles. The lowest BCUT2D eigenvalue weighted by Gasteiger charge is -2.29. The smallest absolute Gasteiger partial charge is 0.232 e. The van der Waals surface area contributed by atoms with Crippen LogP contribution in [0.2, 0.25) is 0 Å². The van der Waals surface area contributed by atoms with Crippen molar-refractivity contribution < 1.29 is 8.42 Å². The van der Waals surface area contributed by atoms with Crippen LogP contribution in [0.3, 0.4) is 0 Å². The lowest BCUT2D eigenvalue weighted by atomic mass is 10.1. The molecule has 0 aliphatic carbocycles. The number of rotatable bonds is 5. The predicted molar refractivity (Wildman–Crippen MR) is 79.1 cm³/mol. The van der Waals surface area contributed by atoms with E-state index in [-0.39, 0.29) is 6.04 Å². The monoisotopic (exact) mass is 282 g/mol. The molecule has 1 aromatic rings. The van der Waals surface area contributed by atoms with Crippen molar-refractivity contribution in [2.24, 2.45) is 0 Å². The number of benzene rings is 1. The summed E-state index contributed by atoms with van der Waals surface area (Å²) in [6.07, 6.45) is 1.29. The second kappa shape index (κ2) is 5.13. The lowest BCUT2D eigenvalue weighted by Crippen LogP contribution is -2.39. The van der Waals surface area contributed by atoms with Gasteiger partial charge in [0.1, 0.15) is 0 Å². The van der Waals surface area contributed by atoms with E-state index in [0.717, 1.165) is 29.9 Å². The third-order valence-electron chi connectivity index (χ3n) is 3.62. The minimum atomic E-state index is -3.26. The molecular weight excluding hydrogens is 260 g/mol. The first kappa shape index (κ1) is 14.3. The Balaban J connectivity index is 2.37. The fraction of sp³-hybridized carbons (Fsp3) is 0.571. The van der Waals surface area contributed by atoms with Gasteiger partial charge < -0.3 is 0 Å². The van der Waals surface area contributed by atoms with Gasteiger partial charge in [0.15, 0.2) is 0 Å². The van der Waals surface area contributed by atoms with Crippen LogP contribution in [0.1, 0.15) is 18.1 Å². The molecular formula is C14H22N2O2S. The van der Waals surface area contributed by atoms with E-state index in [0.29, 0.717) is 6.54 Å². The zero-order chi connectivity index (χ0) is 14.2. The molecule has 1 aliphatic rings. The van der Waals surface area contributed by atoms with Crippen molar-refractivity contribution in [1.82, 2.24) is 4.90 Å². The Morgan fingerprint density at radius 2 is 1.79 bits per heavy atom. The van der Waals surface area contributed by atoms with Gasteiger partial charge in [-0.25, -0.2) is 8.42 Å². The van der Waals surface area contributed by atoms with Crippen LogP contribution in [-0.4, -0.2) is 45.2 Å². The van der Waals surface area contributed by atoms with Crippen LogP contribution in [0.5, 0.6) is 0 Å². The van der Waals surface area contributed by atoms with Gasteiger partial charge in [-0.3, -0.25) is 9.21 Å². The van der Waals surface area contributed by atoms with Gasteiger partial charge in [-0.2, -0.15) is 0 Å². The van der Waals surface area contributed by atoms with Crippen LogP contribution >= 0.6 is 0 Å². The van der Waals surface area contributed by atoms with Crippen LogP contribution < -0.4 is 4.31 Å². The van der Waals surface area contributed by atoms with Gasteiger partial charge in [0.05, 0.1) is 11.9 Å². The van der Waals surface area contributed by atoms with E-state index >= 15 is 0 Å². The van der Waals surface area contributed by atoms with E-state index in [2.05, 4.69) is 11.8 Å². The normalized spacial score (nSPS) is 17.3. The lowest BCUT2D eigenvalue weighted by molar-refractivity contribution is 0.434. The molecule has 1 atom stereocenters. The van der Waals surface area contributed by atoms with Crippen LogP contribution in [0.4, 0.5) is 5.69 Å². The van der Waals surface area contributed by atoms with Crippen LogP contribution in [0, 0.1) is 13.8 Å². The number of para-hydroxylation sites is 1. The van der Waals surface area contributed by atoms with Crippen molar-refractivity contribution in [2.45, 2.75) is 26.8 Å². The fourth-order valence-electron chi connectivity index (χ4n) is 2.45.